The Morgan fingerprint density at radius 1 is 1.43 bits per heavy atom. The Balaban J connectivity index is 2.56. The molecule has 1 fully saturated rings. The number of rotatable bonds is 3. The maximum Gasteiger partial charge on any atom is 0.308 e. The SMILES string of the molecule is Cc1ccc(F)c(C2C(C(=O)O)CCC(=O)N2C(C)C)c1. The zero-order valence-electron chi connectivity index (χ0n) is 12.5. The quantitative estimate of drug-likeness (QED) is 0.932. The Labute approximate surface area is 123 Å². The molecule has 5 heteroatoms. The number of carbonyl (C=O) groups is 2. The van der Waals surface area contributed by atoms with Gasteiger partial charge in [-0.15, -0.1) is 0 Å². The van der Waals surface area contributed by atoms with Crippen LogP contribution in [0.5, 0.6) is 0 Å². The topological polar surface area (TPSA) is 57.6 Å². The van der Waals surface area contributed by atoms with Crippen molar-refractivity contribution in [1.29, 1.82) is 0 Å². The van der Waals surface area contributed by atoms with Crippen LogP contribution in [0.25, 0.3) is 0 Å². The Kier molecular flexibility index (Phi) is 4.30. The van der Waals surface area contributed by atoms with Crippen LogP contribution in [-0.4, -0.2) is 27.9 Å². The Morgan fingerprint density at radius 2 is 2.10 bits per heavy atom. The molecule has 114 valence electrons. The van der Waals surface area contributed by atoms with Crippen LogP contribution in [-0.2, 0) is 9.59 Å². The highest BCUT2D eigenvalue weighted by Gasteiger charge is 2.42. The van der Waals surface area contributed by atoms with Gasteiger partial charge in [0.2, 0.25) is 5.91 Å². The Bertz CT molecular complexity index is 571. The summed E-state index contributed by atoms with van der Waals surface area (Å²) in [4.78, 5) is 25.3. The lowest BCUT2D eigenvalue weighted by Gasteiger charge is -2.42. The minimum atomic E-state index is -0.987. The van der Waals surface area contributed by atoms with Gasteiger partial charge in [-0.25, -0.2) is 4.39 Å². The number of carbonyl (C=O) groups excluding carboxylic acids is 1. The minimum Gasteiger partial charge on any atom is -0.481 e. The first-order chi connectivity index (χ1) is 9.82. The minimum absolute atomic E-state index is 0.117. The molecule has 0 radical (unpaired) electrons. The van der Waals surface area contributed by atoms with Gasteiger partial charge in [0.15, 0.2) is 0 Å². The molecular formula is C16H20FNO3. The van der Waals surface area contributed by atoms with E-state index < -0.39 is 23.7 Å². The average Bonchev–Trinajstić information content (AvgIpc) is 2.40. The Morgan fingerprint density at radius 3 is 2.67 bits per heavy atom. The monoisotopic (exact) mass is 293 g/mol. The molecule has 0 saturated carbocycles. The highest BCUT2D eigenvalue weighted by Crippen LogP contribution is 2.39. The first-order valence-electron chi connectivity index (χ1n) is 7.13. The van der Waals surface area contributed by atoms with Crippen LogP contribution in [0.3, 0.4) is 0 Å². The summed E-state index contributed by atoms with van der Waals surface area (Å²) < 4.78 is 14.2. The van der Waals surface area contributed by atoms with Gasteiger partial charge in [0, 0.05) is 18.0 Å². The Hall–Kier alpha value is -1.91. The molecule has 1 aliphatic heterocycles. The number of likely N-dealkylation sites (tertiary alicyclic amines) is 1. The fraction of sp³-hybridized carbons (Fsp3) is 0.500. The van der Waals surface area contributed by atoms with Gasteiger partial charge in [-0.2, -0.15) is 0 Å². The third kappa shape index (κ3) is 2.91. The van der Waals surface area contributed by atoms with Crippen LogP contribution >= 0.6 is 0 Å². The van der Waals surface area contributed by atoms with Gasteiger partial charge in [-0.05, 0) is 33.3 Å². The van der Waals surface area contributed by atoms with Crippen LogP contribution in [0, 0.1) is 18.7 Å². The number of hydrogen-bond donors (Lipinski definition) is 1. The molecule has 0 aromatic heterocycles. The fourth-order valence-electron chi connectivity index (χ4n) is 3.04. The lowest BCUT2D eigenvalue weighted by molar-refractivity contribution is -0.153. The molecule has 4 nitrogen and oxygen atoms in total. The summed E-state index contributed by atoms with van der Waals surface area (Å²) in [6.45, 7) is 5.47. The summed E-state index contributed by atoms with van der Waals surface area (Å²) in [5.41, 5.74) is 1.14. The van der Waals surface area contributed by atoms with Gasteiger partial charge in [0.25, 0.3) is 0 Å². The molecule has 2 unspecified atom stereocenters. The van der Waals surface area contributed by atoms with E-state index in [1.54, 1.807) is 12.1 Å². The van der Waals surface area contributed by atoms with Gasteiger partial charge in [-0.1, -0.05) is 17.7 Å². The lowest BCUT2D eigenvalue weighted by Crippen LogP contribution is -2.48. The number of benzene rings is 1. The number of hydrogen-bond acceptors (Lipinski definition) is 2. The van der Waals surface area contributed by atoms with Gasteiger partial charge in [0.1, 0.15) is 5.82 Å². The van der Waals surface area contributed by atoms with Crippen molar-refractivity contribution in [3.05, 3.63) is 35.1 Å². The van der Waals surface area contributed by atoms with E-state index in [0.717, 1.165) is 5.56 Å². The zero-order chi connectivity index (χ0) is 15.7. The van der Waals surface area contributed by atoms with Crippen molar-refractivity contribution in [3.63, 3.8) is 0 Å². The van der Waals surface area contributed by atoms with Crippen LogP contribution in [0.4, 0.5) is 4.39 Å². The molecule has 1 heterocycles. The molecule has 1 saturated heterocycles. The zero-order valence-corrected chi connectivity index (χ0v) is 12.5. The van der Waals surface area contributed by atoms with Crippen LogP contribution in [0.1, 0.15) is 43.9 Å². The van der Waals surface area contributed by atoms with Crippen LogP contribution in [0.2, 0.25) is 0 Å². The summed E-state index contributed by atoms with van der Waals surface area (Å²) in [6.07, 6.45) is 0.439. The molecule has 0 spiro atoms. The molecule has 1 aromatic rings. The molecule has 2 atom stereocenters. The van der Waals surface area contributed by atoms with E-state index in [-0.39, 0.29) is 24.8 Å². The van der Waals surface area contributed by atoms with E-state index >= 15 is 0 Å². The first kappa shape index (κ1) is 15.5. The molecule has 0 bridgehead atoms. The van der Waals surface area contributed by atoms with Gasteiger partial charge < -0.3 is 10.0 Å². The highest BCUT2D eigenvalue weighted by molar-refractivity contribution is 5.82. The largest absolute Gasteiger partial charge is 0.481 e. The molecule has 1 aliphatic rings. The van der Waals surface area contributed by atoms with Crippen molar-refractivity contribution >= 4 is 11.9 Å². The number of aliphatic carboxylic acids is 1. The summed E-state index contributed by atoms with van der Waals surface area (Å²) in [5, 5.41) is 9.46. The van der Waals surface area contributed by atoms with Crippen LogP contribution in [0.15, 0.2) is 18.2 Å². The summed E-state index contributed by atoms with van der Waals surface area (Å²) in [6, 6.07) is 3.69. The van der Waals surface area contributed by atoms with Crippen molar-refractivity contribution in [1.82, 2.24) is 4.90 Å². The fourth-order valence-corrected chi connectivity index (χ4v) is 3.04. The van der Waals surface area contributed by atoms with Crippen molar-refractivity contribution in [3.8, 4) is 0 Å². The van der Waals surface area contributed by atoms with Crippen molar-refractivity contribution in [2.24, 2.45) is 5.92 Å². The maximum atomic E-state index is 14.2. The molecule has 21 heavy (non-hydrogen) atoms. The van der Waals surface area contributed by atoms with Crippen molar-refractivity contribution in [2.75, 3.05) is 0 Å². The second-order valence-electron chi connectivity index (χ2n) is 5.85. The average molecular weight is 293 g/mol. The number of halogens is 1. The normalized spacial score (nSPS) is 22.7. The molecule has 0 aliphatic carbocycles. The summed E-state index contributed by atoms with van der Waals surface area (Å²) in [7, 11) is 0. The standard InChI is InChI=1S/C16H20FNO3/c1-9(2)18-14(19)7-5-11(16(20)21)15(18)12-8-10(3)4-6-13(12)17/h4,6,8-9,11,15H,5,7H2,1-3H3,(H,20,21). The van der Waals surface area contributed by atoms with Gasteiger partial charge in [0.05, 0.1) is 12.0 Å². The number of aryl methyl sites for hydroxylation is 1. The van der Waals surface area contributed by atoms with Crippen molar-refractivity contribution < 1.29 is 19.1 Å². The second kappa shape index (κ2) is 5.84. The summed E-state index contributed by atoms with van der Waals surface area (Å²) in [5.74, 6) is -2.34. The van der Waals surface area contributed by atoms with E-state index in [9.17, 15) is 19.1 Å². The highest BCUT2D eigenvalue weighted by atomic mass is 19.1. The van der Waals surface area contributed by atoms with E-state index in [1.165, 1.54) is 11.0 Å². The van der Waals surface area contributed by atoms with E-state index in [4.69, 9.17) is 0 Å². The smallest absolute Gasteiger partial charge is 0.308 e. The van der Waals surface area contributed by atoms with Gasteiger partial charge in [-0.3, -0.25) is 9.59 Å². The van der Waals surface area contributed by atoms with E-state index in [0.29, 0.717) is 5.56 Å². The van der Waals surface area contributed by atoms with Crippen molar-refractivity contribution in [2.45, 2.75) is 45.7 Å². The third-order valence-corrected chi connectivity index (χ3v) is 3.98. The number of carboxylic acid groups (broad SMARTS) is 1. The number of carboxylic acids is 1. The molecular weight excluding hydrogens is 273 g/mol. The predicted octanol–water partition coefficient (Wildman–Crippen LogP) is 2.91. The predicted molar refractivity (Wildman–Crippen MR) is 76.2 cm³/mol. The second-order valence-corrected chi connectivity index (χ2v) is 5.85. The van der Waals surface area contributed by atoms with Gasteiger partial charge >= 0.3 is 5.97 Å². The number of piperidine rings is 1. The third-order valence-electron chi connectivity index (χ3n) is 3.98. The van der Waals surface area contributed by atoms with E-state index in [1.807, 2.05) is 20.8 Å². The summed E-state index contributed by atoms with van der Waals surface area (Å²) >= 11 is 0. The molecule has 1 N–H and O–H groups in total. The number of amides is 1. The molecule has 1 aromatic carbocycles. The molecule has 2 rings (SSSR count). The lowest BCUT2D eigenvalue weighted by atomic mass is 9.83. The molecule has 1 amide bonds. The number of nitrogens with zero attached hydrogens (tertiary/aromatic N) is 1. The van der Waals surface area contributed by atoms with E-state index in [2.05, 4.69) is 0 Å². The maximum absolute atomic E-state index is 14.2. The van der Waals surface area contributed by atoms with Crippen LogP contribution < -0.4 is 0 Å². The first-order valence-corrected chi connectivity index (χ1v) is 7.13.